The van der Waals surface area contributed by atoms with Crippen LogP contribution in [0.3, 0.4) is 0 Å². The maximum absolute atomic E-state index is 8.51. The highest BCUT2D eigenvalue weighted by molar-refractivity contribution is 4.76. The molecule has 16 heavy (non-hydrogen) atoms. The number of nitrogens with zero attached hydrogens (tertiary/aromatic N) is 2. The van der Waals surface area contributed by atoms with E-state index in [1.54, 1.807) is 0 Å². The maximum atomic E-state index is 8.51. The van der Waals surface area contributed by atoms with E-state index in [4.69, 9.17) is 5.26 Å². The lowest BCUT2D eigenvalue weighted by Crippen LogP contribution is -2.40. The molecule has 1 heterocycles. The van der Waals surface area contributed by atoms with E-state index >= 15 is 0 Å². The summed E-state index contributed by atoms with van der Waals surface area (Å²) in [6.45, 7) is 8.09. The number of likely N-dealkylation sites (tertiary alicyclic amines) is 1. The summed E-state index contributed by atoms with van der Waals surface area (Å²) in [6.07, 6.45) is 5.65. The summed E-state index contributed by atoms with van der Waals surface area (Å²) in [5.41, 5.74) is 0. The lowest BCUT2D eigenvalue weighted by atomic mass is 9.98. The van der Waals surface area contributed by atoms with Crippen LogP contribution in [-0.4, -0.2) is 37.6 Å². The monoisotopic (exact) mass is 223 g/mol. The molecule has 0 aliphatic carbocycles. The average Bonchev–Trinajstić information content (AvgIpc) is 2.30. The van der Waals surface area contributed by atoms with Gasteiger partial charge in [0.15, 0.2) is 0 Å². The van der Waals surface area contributed by atoms with Gasteiger partial charge >= 0.3 is 0 Å². The lowest BCUT2D eigenvalue weighted by molar-refractivity contribution is 0.171. The molecule has 92 valence electrons. The average molecular weight is 223 g/mol. The van der Waals surface area contributed by atoms with E-state index in [1.807, 2.05) is 0 Å². The third kappa shape index (κ3) is 5.48. The molecule has 1 rings (SSSR count). The first-order valence-corrected chi connectivity index (χ1v) is 6.66. The largest absolute Gasteiger partial charge is 0.316 e. The van der Waals surface area contributed by atoms with E-state index in [0.717, 1.165) is 25.4 Å². The second-order valence-electron chi connectivity index (χ2n) is 4.77. The quantitative estimate of drug-likeness (QED) is 0.671. The van der Waals surface area contributed by atoms with Gasteiger partial charge in [0, 0.05) is 13.0 Å². The Bertz CT molecular complexity index is 210. The Morgan fingerprint density at radius 1 is 1.50 bits per heavy atom. The van der Waals surface area contributed by atoms with Crippen molar-refractivity contribution in [3.63, 3.8) is 0 Å². The predicted molar refractivity (Wildman–Crippen MR) is 67.2 cm³/mol. The molecule has 1 unspecified atom stereocenters. The Labute approximate surface area is 99.8 Å². The number of unbranched alkanes of at least 4 members (excludes halogenated alkanes) is 1. The van der Waals surface area contributed by atoms with Gasteiger partial charge in [0.05, 0.1) is 6.07 Å². The third-order valence-corrected chi connectivity index (χ3v) is 3.23. The lowest BCUT2D eigenvalue weighted by Gasteiger charge is -2.32. The van der Waals surface area contributed by atoms with Crippen LogP contribution >= 0.6 is 0 Å². The van der Waals surface area contributed by atoms with Crippen LogP contribution in [0, 0.1) is 17.2 Å². The minimum absolute atomic E-state index is 0.704. The third-order valence-electron chi connectivity index (χ3n) is 3.23. The van der Waals surface area contributed by atoms with Crippen LogP contribution in [0.5, 0.6) is 0 Å². The highest BCUT2D eigenvalue weighted by Gasteiger charge is 2.18. The molecule has 0 aromatic heterocycles. The van der Waals surface area contributed by atoms with Gasteiger partial charge in [-0.05, 0) is 57.8 Å². The van der Waals surface area contributed by atoms with Crippen LogP contribution in [0.1, 0.15) is 39.0 Å². The highest BCUT2D eigenvalue weighted by atomic mass is 15.1. The number of nitrogens with one attached hydrogen (secondary N) is 1. The van der Waals surface area contributed by atoms with E-state index in [-0.39, 0.29) is 0 Å². The zero-order valence-corrected chi connectivity index (χ0v) is 10.5. The molecule has 0 aromatic carbocycles. The van der Waals surface area contributed by atoms with E-state index in [0.29, 0.717) is 6.42 Å². The molecule has 3 heteroatoms. The van der Waals surface area contributed by atoms with Gasteiger partial charge in [-0.15, -0.1) is 0 Å². The van der Waals surface area contributed by atoms with Crippen molar-refractivity contribution in [3.8, 4) is 6.07 Å². The second kappa shape index (κ2) is 8.55. The van der Waals surface area contributed by atoms with Gasteiger partial charge in [-0.3, -0.25) is 0 Å². The minimum atomic E-state index is 0.704. The normalized spacial score (nSPS) is 21.9. The first-order chi connectivity index (χ1) is 7.86. The van der Waals surface area contributed by atoms with E-state index in [2.05, 4.69) is 23.2 Å². The molecule has 0 saturated carbocycles. The minimum Gasteiger partial charge on any atom is -0.316 e. The van der Waals surface area contributed by atoms with Crippen LogP contribution < -0.4 is 5.32 Å². The van der Waals surface area contributed by atoms with Gasteiger partial charge in [0.2, 0.25) is 0 Å². The number of hydrogen-bond acceptors (Lipinski definition) is 3. The molecular weight excluding hydrogens is 198 g/mol. The molecule has 1 fully saturated rings. The molecule has 1 N–H and O–H groups in total. The van der Waals surface area contributed by atoms with Crippen molar-refractivity contribution in [2.75, 3.05) is 32.7 Å². The van der Waals surface area contributed by atoms with E-state index < -0.39 is 0 Å². The Morgan fingerprint density at radius 2 is 2.38 bits per heavy atom. The molecular formula is C13H25N3. The van der Waals surface area contributed by atoms with E-state index in [1.165, 1.54) is 38.9 Å². The Kier molecular flexibility index (Phi) is 7.20. The van der Waals surface area contributed by atoms with Gasteiger partial charge < -0.3 is 10.2 Å². The standard InChI is InChI=1S/C13H25N3/c1-2-8-15-11-13-6-5-10-16(12-13)9-4-3-7-14/h13,15H,2-6,8-12H2,1H3. The Hall–Kier alpha value is -0.590. The summed E-state index contributed by atoms with van der Waals surface area (Å²) in [6, 6.07) is 2.22. The van der Waals surface area contributed by atoms with Gasteiger partial charge in [0.1, 0.15) is 0 Å². The summed E-state index contributed by atoms with van der Waals surface area (Å²) in [5.74, 6) is 0.822. The van der Waals surface area contributed by atoms with Crippen LogP contribution in [0.2, 0.25) is 0 Å². The summed E-state index contributed by atoms with van der Waals surface area (Å²) in [4.78, 5) is 2.53. The molecule has 0 amide bonds. The molecule has 1 aliphatic heterocycles. The number of nitriles is 1. The van der Waals surface area contributed by atoms with Gasteiger partial charge in [-0.25, -0.2) is 0 Å². The van der Waals surface area contributed by atoms with Crippen LogP contribution in [0.4, 0.5) is 0 Å². The van der Waals surface area contributed by atoms with Crippen molar-refractivity contribution < 1.29 is 0 Å². The van der Waals surface area contributed by atoms with E-state index in [9.17, 15) is 0 Å². The zero-order chi connectivity index (χ0) is 11.6. The van der Waals surface area contributed by atoms with Crippen LogP contribution in [0.15, 0.2) is 0 Å². The van der Waals surface area contributed by atoms with Crippen molar-refractivity contribution in [1.82, 2.24) is 10.2 Å². The Balaban J connectivity index is 2.12. The molecule has 1 atom stereocenters. The van der Waals surface area contributed by atoms with Crippen LogP contribution in [-0.2, 0) is 0 Å². The van der Waals surface area contributed by atoms with Crippen molar-refractivity contribution in [2.45, 2.75) is 39.0 Å². The molecule has 3 nitrogen and oxygen atoms in total. The number of rotatable bonds is 7. The number of piperidine rings is 1. The smallest absolute Gasteiger partial charge is 0.0622 e. The highest BCUT2D eigenvalue weighted by Crippen LogP contribution is 2.16. The van der Waals surface area contributed by atoms with Crippen molar-refractivity contribution in [2.24, 2.45) is 5.92 Å². The summed E-state index contributed by atoms with van der Waals surface area (Å²) >= 11 is 0. The molecule has 0 bridgehead atoms. The van der Waals surface area contributed by atoms with Crippen molar-refractivity contribution in [1.29, 1.82) is 5.26 Å². The SMILES string of the molecule is CCCNCC1CCCN(CCCC#N)C1. The first kappa shape index (κ1) is 13.5. The molecule has 0 spiro atoms. The fourth-order valence-corrected chi connectivity index (χ4v) is 2.39. The molecule has 1 aliphatic rings. The van der Waals surface area contributed by atoms with Crippen molar-refractivity contribution in [3.05, 3.63) is 0 Å². The molecule has 0 radical (unpaired) electrons. The summed E-state index contributed by atoms with van der Waals surface area (Å²) < 4.78 is 0. The first-order valence-electron chi connectivity index (χ1n) is 6.66. The zero-order valence-electron chi connectivity index (χ0n) is 10.5. The molecule has 1 saturated heterocycles. The summed E-state index contributed by atoms with van der Waals surface area (Å²) in [5, 5.41) is 12.0. The summed E-state index contributed by atoms with van der Waals surface area (Å²) in [7, 11) is 0. The van der Waals surface area contributed by atoms with Gasteiger partial charge in [-0.2, -0.15) is 5.26 Å². The molecule has 0 aromatic rings. The Morgan fingerprint density at radius 3 is 3.12 bits per heavy atom. The van der Waals surface area contributed by atoms with Gasteiger partial charge in [-0.1, -0.05) is 6.92 Å². The predicted octanol–water partition coefficient (Wildman–Crippen LogP) is 2.00. The topological polar surface area (TPSA) is 39.1 Å². The fraction of sp³-hybridized carbons (Fsp3) is 0.923. The van der Waals surface area contributed by atoms with Gasteiger partial charge in [0.25, 0.3) is 0 Å². The number of hydrogen-bond donors (Lipinski definition) is 1. The van der Waals surface area contributed by atoms with Crippen molar-refractivity contribution >= 4 is 0 Å². The fourth-order valence-electron chi connectivity index (χ4n) is 2.39. The second-order valence-corrected chi connectivity index (χ2v) is 4.77. The maximum Gasteiger partial charge on any atom is 0.0622 e. The van der Waals surface area contributed by atoms with Crippen LogP contribution in [0.25, 0.3) is 0 Å².